The lowest BCUT2D eigenvalue weighted by Gasteiger charge is -2.14. The third-order valence-electron chi connectivity index (χ3n) is 3.93. The van der Waals surface area contributed by atoms with Gasteiger partial charge in [-0.25, -0.2) is 0 Å². The van der Waals surface area contributed by atoms with Crippen LogP contribution >= 0.6 is 12.2 Å². The summed E-state index contributed by atoms with van der Waals surface area (Å²) in [7, 11) is 0. The van der Waals surface area contributed by atoms with Crippen molar-refractivity contribution in [2.24, 2.45) is 5.73 Å². The molecule has 0 amide bonds. The van der Waals surface area contributed by atoms with Gasteiger partial charge >= 0.3 is 0 Å². The van der Waals surface area contributed by atoms with E-state index in [1.54, 1.807) is 0 Å². The highest BCUT2D eigenvalue weighted by molar-refractivity contribution is 7.80. The fourth-order valence-corrected chi connectivity index (χ4v) is 3.13. The highest BCUT2D eigenvalue weighted by Gasteiger charge is 2.38. The van der Waals surface area contributed by atoms with E-state index in [1.165, 1.54) is 5.56 Å². The summed E-state index contributed by atoms with van der Waals surface area (Å²) in [6.45, 7) is 3.94. The maximum absolute atomic E-state index is 5.86. The summed E-state index contributed by atoms with van der Waals surface area (Å²) in [5.74, 6) is 0.569. The van der Waals surface area contributed by atoms with Crippen molar-refractivity contribution in [3.05, 3.63) is 58.9 Å². The van der Waals surface area contributed by atoms with Crippen molar-refractivity contribution < 1.29 is 0 Å². The minimum Gasteiger partial charge on any atom is -0.389 e. The van der Waals surface area contributed by atoms with E-state index in [9.17, 15) is 0 Å². The molecule has 3 nitrogen and oxygen atoms in total. The number of aryl methyl sites for hydroxylation is 2. The molecule has 2 atom stereocenters. The largest absolute Gasteiger partial charge is 0.389 e. The van der Waals surface area contributed by atoms with Crippen LogP contribution in [-0.2, 0) is 0 Å². The number of pyridine rings is 1. The smallest absolute Gasteiger partial charge is 0.107 e. The second-order valence-electron chi connectivity index (χ2n) is 5.64. The summed E-state index contributed by atoms with van der Waals surface area (Å²) >= 11 is 5.17. The van der Waals surface area contributed by atoms with E-state index in [0.29, 0.717) is 16.9 Å². The number of benzene rings is 1. The van der Waals surface area contributed by atoms with Crippen molar-refractivity contribution in [2.45, 2.75) is 32.2 Å². The predicted octanol–water partition coefficient (Wildman–Crippen LogP) is 3.30. The van der Waals surface area contributed by atoms with Crippen molar-refractivity contribution in [3.63, 3.8) is 0 Å². The van der Waals surface area contributed by atoms with Gasteiger partial charge in [0.2, 0.25) is 0 Å². The molecule has 3 N–H and O–H groups in total. The number of rotatable bonds is 4. The fraction of sp³-hybridized carbons (Fsp3) is 0.294. The predicted molar refractivity (Wildman–Crippen MR) is 90.8 cm³/mol. The first-order valence-electron chi connectivity index (χ1n) is 7.16. The van der Waals surface area contributed by atoms with Gasteiger partial charge in [0.15, 0.2) is 0 Å². The molecule has 108 valence electrons. The summed E-state index contributed by atoms with van der Waals surface area (Å²) in [5, 5.41) is 3.59. The van der Waals surface area contributed by atoms with Crippen LogP contribution < -0.4 is 11.1 Å². The molecule has 0 aliphatic heterocycles. The molecule has 0 bridgehead atoms. The van der Waals surface area contributed by atoms with Gasteiger partial charge in [-0.15, -0.1) is 0 Å². The molecule has 0 spiro atoms. The van der Waals surface area contributed by atoms with Crippen molar-refractivity contribution >= 4 is 22.9 Å². The molecule has 21 heavy (non-hydrogen) atoms. The molecule has 2 aromatic rings. The first-order chi connectivity index (χ1) is 10.1. The zero-order valence-electron chi connectivity index (χ0n) is 12.3. The lowest BCUT2D eigenvalue weighted by Crippen LogP contribution is -2.17. The molecule has 1 aliphatic rings. The topological polar surface area (TPSA) is 50.9 Å². The van der Waals surface area contributed by atoms with Crippen LogP contribution in [0.1, 0.15) is 34.9 Å². The molecule has 0 radical (unpaired) electrons. The zero-order chi connectivity index (χ0) is 15.0. The Morgan fingerprint density at radius 1 is 1.29 bits per heavy atom. The lowest BCUT2D eigenvalue weighted by atomic mass is 10.1. The summed E-state index contributed by atoms with van der Waals surface area (Å²) in [6.07, 6.45) is 1.14. The number of hydrogen-bond donors (Lipinski definition) is 2. The molecule has 0 saturated heterocycles. The Morgan fingerprint density at radius 3 is 2.67 bits per heavy atom. The van der Waals surface area contributed by atoms with E-state index >= 15 is 0 Å². The van der Waals surface area contributed by atoms with Crippen LogP contribution in [0.25, 0.3) is 0 Å². The highest BCUT2D eigenvalue weighted by Crippen LogP contribution is 2.43. The summed E-state index contributed by atoms with van der Waals surface area (Å²) in [4.78, 5) is 4.86. The van der Waals surface area contributed by atoms with Gasteiger partial charge < -0.3 is 11.1 Å². The Balaban J connectivity index is 1.82. The third-order valence-corrected chi connectivity index (χ3v) is 4.14. The average Bonchev–Trinajstić information content (AvgIpc) is 3.17. The SMILES string of the molecule is Cc1cc(NC2CC2c2ccccc2)c(C(N)=S)c(C)n1. The molecular formula is C17H19N3S. The number of hydrogen-bond acceptors (Lipinski definition) is 3. The number of thiocarbonyl (C=S) groups is 1. The maximum Gasteiger partial charge on any atom is 0.107 e. The van der Waals surface area contributed by atoms with Gasteiger partial charge in [-0.2, -0.15) is 0 Å². The van der Waals surface area contributed by atoms with Gasteiger partial charge in [0.25, 0.3) is 0 Å². The minimum atomic E-state index is 0.402. The van der Waals surface area contributed by atoms with Crippen LogP contribution in [0.2, 0.25) is 0 Å². The standard InChI is InChI=1S/C17H19N3S/c1-10-8-15(16(17(18)21)11(2)19-10)20-14-9-13(14)12-6-4-3-5-7-12/h3-8,13-14H,9H2,1-2H3,(H2,18,21)(H,19,20). The molecule has 1 saturated carbocycles. The van der Waals surface area contributed by atoms with Gasteiger partial charge in [0, 0.05) is 29.0 Å². The molecular weight excluding hydrogens is 278 g/mol. The zero-order valence-corrected chi connectivity index (χ0v) is 13.1. The highest BCUT2D eigenvalue weighted by atomic mass is 32.1. The maximum atomic E-state index is 5.86. The Kier molecular flexibility index (Phi) is 3.64. The number of aromatic nitrogens is 1. The van der Waals surface area contributed by atoms with Crippen LogP contribution in [0, 0.1) is 13.8 Å². The van der Waals surface area contributed by atoms with E-state index in [2.05, 4.69) is 40.6 Å². The van der Waals surface area contributed by atoms with Crippen molar-refractivity contribution in [3.8, 4) is 0 Å². The van der Waals surface area contributed by atoms with E-state index in [0.717, 1.165) is 29.1 Å². The van der Waals surface area contributed by atoms with E-state index in [-0.39, 0.29) is 0 Å². The Hall–Kier alpha value is -1.94. The quantitative estimate of drug-likeness (QED) is 0.850. The Morgan fingerprint density at radius 2 is 2.00 bits per heavy atom. The van der Waals surface area contributed by atoms with Gasteiger partial charge in [-0.3, -0.25) is 4.98 Å². The van der Waals surface area contributed by atoms with Crippen molar-refractivity contribution in [2.75, 3.05) is 5.32 Å². The second kappa shape index (κ2) is 5.45. The van der Waals surface area contributed by atoms with E-state index in [1.807, 2.05) is 19.9 Å². The molecule has 3 rings (SSSR count). The molecule has 2 unspecified atom stereocenters. The van der Waals surface area contributed by atoms with Crippen LogP contribution in [0.3, 0.4) is 0 Å². The average molecular weight is 297 g/mol. The molecule has 1 fully saturated rings. The molecule has 1 heterocycles. The number of nitrogens with one attached hydrogen (secondary N) is 1. The number of nitrogens with zero attached hydrogens (tertiary/aromatic N) is 1. The van der Waals surface area contributed by atoms with Crippen molar-refractivity contribution in [1.29, 1.82) is 0 Å². The Bertz CT molecular complexity index is 682. The summed E-state index contributed by atoms with van der Waals surface area (Å²) < 4.78 is 0. The summed E-state index contributed by atoms with van der Waals surface area (Å²) in [5.41, 5.74) is 11.0. The molecule has 1 aromatic heterocycles. The van der Waals surface area contributed by atoms with Gasteiger partial charge in [-0.1, -0.05) is 42.5 Å². The third kappa shape index (κ3) is 2.90. The fourth-order valence-electron chi connectivity index (χ4n) is 2.88. The Labute approximate surface area is 130 Å². The van der Waals surface area contributed by atoms with Crippen LogP contribution in [-0.4, -0.2) is 16.0 Å². The summed E-state index contributed by atoms with van der Waals surface area (Å²) in [6, 6.07) is 13.1. The van der Waals surface area contributed by atoms with Crippen LogP contribution in [0.4, 0.5) is 5.69 Å². The van der Waals surface area contributed by atoms with E-state index < -0.39 is 0 Å². The van der Waals surface area contributed by atoms with E-state index in [4.69, 9.17) is 18.0 Å². The first kappa shape index (κ1) is 14.0. The van der Waals surface area contributed by atoms with Crippen LogP contribution in [0.5, 0.6) is 0 Å². The van der Waals surface area contributed by atoms with Crippen molar-refractivity contribution in [1.82, 2.24) is 4.98 Å². The lowest BCUT2D eigenvalue weighted by molar-refractivity contribution is 1.03. The van der Waals surface area contributed by atoms with Gasteiger partial charge in [0.05, 0.1) is 5.56 Å². The van der Waals surface area contributed by atoms with Gasteiger partial charge in [-0.05, 0) is 31.9 Å². The molecule has 4 heteroatoms. The monoisotopic (exact) mass is 297 g/mol. The minimum absolute atomic E-state index is 0.402. The first-order valence-corrected chi connectivity index (χ1v) is 7.56. The van der Waals surface area contributed by atoms with Crippen LogP contribution in [0.15, 0.2) is 36.4 Å². The normalized spacial score (nSPS) is 20.1. The number of nitrogens with two attached hydrogens (primary N) is 1. The number of anilines is 1. The second-order valence-corrected chi connectivity index (χ2v) is 6.08. The molecule has 1 aromatic carbocycles. The molecule has 1 aliphatic carbocycles. The van der Waals surface area contributed by atoms with Gasteiger partial charge in [0.1, 0.15) is 4.99 Å².